The van der Waals surface area contributed by atoms with Gasteiger partial charge in [-0.05, 0) is 18.2 Å². The Kier molecular flexibility index (Phi) is 4.12. The van der Waals surface area contributed by atoms with E-state index in [2.05, 4.69) is 5.32 Å². The molecule has 0 aromatic heterocycles. The van der Waals surface area contributed by atoms with E-state index in [1.165, 1.54) is 24.3 Å². The minimum Gasteiger partial charge on any atom is -0.478 e. The van der Waals surface area contributed by atoms with Crippen LogP contribution in [0.15, 0.2) is 42.5 Å². The normalized spacial score (nSPS) is 10.0. The maximum absolute atomic E-state index is 13.6. The van der Waals surface area contributed by atoms with E-state index in [0.29, 0.717) is 0 Å². The van der Waals surface area contributed by atoms with Crippen LogP contribution in [0.5, 0.6) is 0 Å². The molecule has 112 valence electrons. The highest BCUT2D eigenvalue weighted by atomic mass is 19.1. The molecule has 2 rings (SSSR count). The quantitative estimate of drug-likeness (QED) is 0.666. The van der Waals surface area contributed by atoms with Crippen molar-refractivity contribution < 1.29 is 24.0 Å². The van der Waals surface area contributed by atoms with Crippen LogP contribution in [0.2, 0.25) is 0 Å². The summed E-state index contributed by atoms with van der Waals surface area (Å²) in [6.45, 7) is 0. The number of anilines is 1. The second-order valence-corrected chi connectivity index (χ2v) is 4.23. The van der Waals surface area contributed by atoms with Gasteiger partial charge in [0.15, 0.2) is 0 Å². The number of carbonyl (C=O) groups is 2. The highest BCUT2D eigenvalue weighted by Crippen LogP contribution is 2.22. The average Bonchev–Trinajstić information content (AvgIpc) is 2.49. The fraction of sp³-hybridized carbons (Fsp3) is 0. The van der Waals surface area contributed by atoms with E-state index in [4.69, 9.17) is 5.11 Å². The molecule has 2 N–H and O–H groups in total. The highest BCUT2D eigenvalue weighted by molar-refractivity contribution is 6.10. The number of nitrogens with one attached hydrogen (secondary N) is 1. The third-order valence-corrected chi connectivity index (χ3v) is 2.81. The van der Waals surface area contributed by atoms with Gasteiger partial charge in [-0.2, -0.15) is 0 Å². The van der Waals surface area contributed by atoms with Crippen LogP contribution in [0.25, 0.3) is 0 Å². The monoisotopic (exact) mass is 304 g/mol. The lowest BCUT2D eigenvalue weighted by atomic mass is 10.1. The van der Waals surface area contributed by atoms with Crippen molar-refractivity contribution in [1.82, 2.24) is 0 Å². The topological polar surface area (TPSA) is 110 Å². The molecule has 1 amide bonds. The van der Waals surface area contributed by atoms with E-state index in [-0.39, 0.29) is 11.1 Å². The number of aromatic carboxylic acids is 1. The maximum atomic E-state index is 13.6. The molecule has 0 bridgehead atoms. The number of carbonyl (C=O) groups excluding carboxylic acids is 1. The van der Waals surface area contributed by atoms with E-state index >= 15 is 0 Å². The van der Waals surface area contributed by atoms with Crippen LogP contribution in [0.4, 0.5) is 15.8 Å². The summed E-state index contributed by atoms with van der Waals surface area (Å²) < 4.78 is 13.6. The first kappa shape index (κ1) is 15.1. The molecule has 0 spiro atoms. The maximum Gasteiger partial charge on any atom is 0.336 e. The number of carboxylic acids is 1. The summed E-state index contributed by atoms with van der Waals surface area (Å²) in [6.07, 6.45) is 0. The molecule has 0 aliphatic heterocycles. The second kappa shape index (κ2) is 6.00. The molecule has 0 heterocycles. The summed E-state index contributed by atoms with van der Waals surface area (Å²) in [7, 11) is 0. The third kappa shape index (κ3) is 3.06. The fourth-order valence-corrected chi connectivity index (χ4v) is 1.78. The van der Waals surface area contributed by atoms with Gasteiger partial charge < -0.3 is 10.4 Å². The lowest BCUT2D eigenvalue weighted by Crippen LogP contribution is -2.17. The molecule has 2 aromatic rings. The van der Waals surface area contributed by atoms with Gasteiger partial charge in [0, 0.05) is 12.1 Å². The van der Waals surface area contributed by atoms with Crippen LogP contribution >= 0.6 is 0 Å². The molecule has 22 heavy (non-hydrogen) atoms. The summed E-state index contributed by atoms with van der Waals surface area (Å²) in [5.74, 6) is -3.06. The van der Waals surface area contributed by atoms with Gasteiger partial charge in [-0.25, -0.2) is 9.18 Å². The lowest BCUT2D eigenvalue weighted by Gasteiger charge is -2.08. The summed E-state index contributed by atoms with van der Waals surface area (Å²) in [4.78, 5) is 33.0. The third-order valence-electron chi connectivity index (χ3n) is 2.81. The number of amides is 1. The van der Waals surface area contributed by atoms with Crippen molar-refractivity contribution in [2.45, 2.75) is 0 Å². The zero-order chi connectivity index (χ0) is 16.3. The molecule has 0 saturated heterocycles. The predicted molar refractivity (Wildman–Crippen MR) is 74.4 cm³/mol. The van der Waals surface area contributed by atoms with Gasteiger partial charge in [-0.1, -0.05) is 12.1 Å². The first-order valence-electron chi connectivity index (χ1n) is 5.97. The second-order valence-electron chi connectivity index (χ2n) is 4.23. The van der Waals surface area contributed by atoms with Crippen molar-refractivity contribution in [2.75, 3.05) is 5.32 Å². The lowest BCUT2D eigenvalue weighted by molar-refractivity contribution is -0.384. The van der Waals surface area contributed by atoms with E-state index < -0.39 is 34.0 Å². The average molecular weight is 304 g/mol. The van der Waals surface area contributed by atoms with Crippen molar-refractivity contribution in [2.24, 2.45) is 0 Å². The summed E-state index contributed by atoms with van der Waals surface area (Å²) >= 11 is 0. The summed E-state index contributed by atoms with van der Waals surface area (Å²) in [5, 5.41) is 21.8. The first-order chi connectivity index (χ1) is 10.4. The van der Waals surface area contributed by atoms with Crippen LogP contribution in [0, 0.1) is 15.9 Å². The Morgan fingerprint density at radius 3 is 2.36 bits per heavy atom. The van der Waals surface area contributed by atoms with Gasteiger partial charge in [0.05, 0.1) is 21.7 Å². The van der Waals surface area contributed by atoms with Crippen molar-refractivity contribution >= 4 is 23.3 Å². The number of nitrogens with zero attached hydrogens (tertiary/aromatic N) is 1. The highest BCUT2D eigenvalue weighted by Gasteiger charge is 2.18. The van der Waals surface area contributed by atoms with E-state index in [1.807, 2.05) is 0 Å². The molecule has 0 aliphatic carbocycles. The Hall–Kier alpha value is -3.29. The fourth-order valence-electron chi connectivity index (χ4n) is 1.78. The standard InChI is InChI=1S/C14H9FN2O5/c15-11-6-5-8(17(21)22)7-12(11)16-13(18)9-3-1-2-4-10(9)14(19)20/h1-7H,(H,16,18)(H,19,20). The van der Waals surface area contributed by atoms with Gasteiger partial charge in [-0.15, -0.1) is 0 Å². The van der Waals surface area contributed by atoms with Crippen molar-refractivity contribution in [1.29, 1.82) is 0 Å². The smallest absolute Gasteiger partial charge is 0.336 e. The largest absolute Gasteiger partial charge is 0.478 e. The molecular formula is C14H9FN2O5. The number of rotatable bonds is 4. The number of nitro benzene ring substituents is 1. The van der Waals surface area contributed by atoms with Crippen LogP contribution < -0.4 is 5.32 Å². The molecule has 0 unspecified atom stereocenters. The van der Waals surface area contributed by atoms with Gasteiger partial charge in [0.1, 0.15) is 5.82 Å². The van der Waals surface area contributed by atoms with E-state index in [1.54, 1.807) is 0 Å². The summed E-state index contributed by atoms with van der Waals surface area (Å²) in [6, 6.07) is 8.03. The molecule has 0 aliphatic rings. The number of benzene rings is 2. The minimum absolute atomic E-state index is 0.180. The van der Waals surface area contributed by atoms with E-state index in [0.717, 1.165) is 18.2 Å². The number of hydrogen-bond donors (Lipinski definition) is 2. The number of hydrogen-bond acceptors (Lipinski definition) is 4. The molecule has 7 nitrogen and oxygen atoms in total. The Balaban J connectivity index is 2.36. The Morgan fingerprint density at radius 2 is 1.77 bits per heavy atom. The number of nitro groups is 1. The predicted octanol–water partition coefficient (Wildman–Crippen LogP) is 2.68. The minimum atomic E-state index is -1.31. The molecular weight excluding hydrogens is 295 g/mol. The molecule has 0 atom stereocenters. The van der Waals surface area contributed by atoms with E-state index in [9.17, 15) is 24.1 Å². The molecule has 0 radical (unpaired) electrons. The Labute approximate surface area is 123 Å². The Bertz CT molecular complexity index is 776. The van der Waals surface area contributed by atoms with Gasteiger partial charge >= 0.3 is 5.97 Å². The van der Waals surface area contributed by atoms with Crippen molar-refractivity contribution in [3.8, 4) is 0 Å². The van der Waals surface area contributed by atoms with Gasteiger partial charge in [-0.3, -0.25) is 14.9 Å². The molecule has 0 fully saturated rings. The number of carboxylic acid groups (broad SMARTS) is 1. The van der Waals surface area contributed by atoms with Crippen LogP contribution in [-0.4, -0.2) is 21.9 Å². The van der Waals surface area contributed by atoms with Crippen molar-refractivity contribution in [3.05, 3.63) is 69.5 Å². The summed E-state index contributed by atoms with van der Waals surface area (Å²) in [5.41, 5.74) is -1.24. The zero-order valence-corrected chi connectivity index (χ0v) is 10.9. The van der Waals surface area contributed by atoms with Gasteiger partial charge in [0.2, 0.25) is 0 Å². The molecule has 0 saturated carbocycles. The van der Waals surface area contributed by atoms with Crippen LogP contribution in [0.1, 0.15) is 20.7 Å². The van der Waals surface area contributed by atoms with Crippen LogP contribution in [0.3, 0.4) is 0 Å². The zero-order valence-electron chi connectivity index (χ0n) is 10.9. The number of halogens is 1. The van der Waals surface area contributed by atoms with Crippen molar-refractivity contribution in [3.63, 3.8) is 0 Å². The molecule has 8 heteroatoms. The van der Waals surface area contributed by atoms with Crippen LogP contribution in [-0.2, 0) is 0 Å². The SMILES string of the molecule is O=C(O)c1ccccc1C(=O)Nc1cc([N+](=O)[O-])ccc1F. The Morgan fingerprint density at radius 1 is 1.14 bits per heavy atom. The van der Waals surface area contributed by atoms with Gasteiger partial charge in [0.25, 0.3) is 11.6 Å². The molecule has 2 aromatic carbocycles. The first-order valence-corrected chi connectivity index (χ1v) is 5.97. The number of non-ortho nitro benzene ring substituents is 1.